The molecule has 1 aliphatic heterocycles. The van der Waals surface area contributed by atoms with E-state index in [2.05, 4.69) is 36.5 Å². The van der Waals surface area contributed by atoms with E-state index in [9.17, 15) is 9.59 Å². The number of carboxylic acids is 1. The number of urea groups is 1. The fourth-order valence-electron chi connectivity index (χ4n) is 2.91. The standard InChI is InChI=1S/C18H27N3O3S/c1-13-5-7-15(8-6-13)25-10-4-9-20(2)18(24)19-14-11-16(17(22)23)21(3)12-14/h5-8,14,16H,4,9-12H2,1-3H3,(H,19,24)(H,22,23)/t14-,16-/m0/s1. The Balaban J connectivity index is 1.66. The number of carbonyl (C=O) groups excluding carboxylic acids is 1. The molecule has 1 saturated heterocycles. The molecule has 2 rings (SSSR count). The van der Waals surface area contributed by atoms with Gasteiger partial charge in [-0.2, -0.15) is 0 Å². The van der Waals surface area contributed by atoms with Crippen LogP contribution < -0.4 is 5.32 Å². The van der Waals surface area contributed by atoms with Gasteiger partial charge in [-0.15, -0.1) is 11.8 Å². The summed E-state index contributed by atoms with van der Waals surface area (Å²) in [5.74, 6) is 0.120. The molecule has 1 heterocycles. The van der Waals surface area contributed by atoms with Gasteiger partial charge < -0.3 is 15.3 Å². The predicted octanol–water partition coefficient (Wildman–Crippen LogP) is 2.28. The van der Waals surface area contributed by atoms with Crippen LogP contribution in [0.3, 0.4) is 0 Å². The van der Waals surface area contributed by atoms with E-state index in [1.54, 1.807) is 35.7 Å². The van der Waals surface area contributed by atoms with Crippen LogP contribution in [0.4, 0.5) is 4.79 Å². The Morgan fingerprint density at radius 3 is 2.64 bits per heavy atom. The predicted molar refractivity (Wildman–Crippen MR) is 100 cm³/mol. The molecule has 0 saturated carbocycles. The highest BCUT2D eigenvalue weighted by Gasteiger charge is 2.35. The van der Waals surface area contributed by atoms with Crippen molar-refractivity contribution in [2.45, 2.75) is 36.7 Å². The maximum Gasteiger partial charge on any atom is 0.320 e. The summed E-state index contributed by atoms with van der Waals surface area (Å²) in [5, 5.41) is 12.1. The third-order valence-corrected chi connectivity index (χ3v) is 5.53. The number of benzene rings is 1. The molecule has 0 bridgehead atoms. The molecular weight excluding hydrogens is 338 g/mol. The quantitative estimate of drug-likeness (QED) is 0.573. The van der Waals surface area contributed by atoms with E-state index in [4.69, 9.17) is 5.11 Å². The van der Waals surface area contributed by atoms with Crippen LogP contribution in [-0.4, -0.2) is 71.9 Å². The molecule has 25 heavy (non-hydrogen) atoms. The molecule has 1 aromatic carbocycles. The Kier molecular flexibility index (Phi) is 7.13. The van der Waals surface area contributed by atoms with Gasteiger partial charge in [-0.3, -0.25) is 9.69 Å². The number of aliphatic carboxylic acids is 1. The fourth-order valence-corrected chi connectivity index (χ4v) is 3.74. The molecule has 2 N–H and O–H groups in total. The first-order valence-corrected chi connectivity index (χ1v) is 9.49. The van der Waals surface area contributed by atoms with Gasteiger partial charge in [0, 0.05) is 31.1 Å². The van der Waals surface area contributed by atoms with Gasteiger partial charge in [0.05, 0.1) is 0 Å². The van der Waals surface area contributed by atoms with Crippen molar-refractivity contribution in [1.82, 2.24) is 15.1 Å². The summed E-state index contributed by atoms with van der Waals surface area (Å²) in [6.07, 6.45) is 1.36. The van der Waals surface area contributed by atoms with Crippen molar-refractivity contribution in [3.05, 3.63) is 29.8 Å². The van der Waals surface area contributed by atoms with Crippen LogP contribution in [0.2, 0.25) is 0 Å². The number of likely N-dealkylation sites (N-methyl/N-ethyl adjacent to an activating group) is 1. The lowest BCUT2D eigenvalue weighted by molar-refractivity contribution is -0.141. The summed E-state index contributed by atoms with van der Waals surface area (Å²) in [6, 6.07) is 7.68. The molecule has 0 radical (unpaired) electrons. The second kappa shape index (κ2) is 9.10. The van der Waals surface area contributed by atoms with E-state index in [1.807, 2.05) is 0 Å². The molecule has 1 fully saturated rings. The average molecular weight is 365 g/mol. The summed E-state index contributed by atoms with van der Waals surface area (Å²) in [5.41, 5.74) is 1.25. The van der Waals surface area contributed by atoms with Crippen molar-refractivity contribution < 1.29 is 14.7 Å². The third-order valence-electron chi connectivity index (χ3n) is 4.44. The minimum atomic E-state index is -0.833. The van der Waals surface area contributed by atoms with Crippen LogP contribution >= 0.6 is 11.8 Å². The summed E-state index contributed by atoms with van der Waals surface area (Å²) in [6.45, 7) is 3.32. The number of likely N-dealkylation sites (tertiary alicyclic amines) is 1. The molecule has 6 nitrogen and oxygen atoms in total. The maximum absolute atomic E-state index is 12.2. The normalized spacial score (nSPS) is 20.4. The first-order chi connectivity index (χ1) is 11.9. The molecule has 0 spiro atoms. The van der Waals surface area contributed by atoms with Crippen LogP contribution in [0.5, 0.6) is 0 Å². The van der Waals surface area contributed by atoms with Gasteiger partial charge in [-0.05, 0) is 44.7 Å². The Morgan fingerprint density at radius 2 is 2.04 bits per heavy atom. The number of rotatable bonds is 7. The Bertz CT molecular complexity index is 594. The molecule has 2 amide bonds. The Morgan fingerprint density at radius 1 is 1.36 bits per heavy atom. The van der Waals surface area contributed by atoms with Crippen molar-refractivity contribution in [2.75, 3.05) is 32.9 Å². The number of carbonyl (C=O) groups is 2. The second-order valence-corrected chi connectivity index (χ2v) is 7.78. The van der Waals surface area contributed by atoms with E-state index in [1.165, 1.54) is 10.5 Å². The topological polar surface area (TPSA) is 72.9 Å². The number of hydrogen-bond acceptors (Lipinski definition) is 4. The zero-order valence-corrected chi connectivity index (χ0v) is 15.9. The van der Waals surface area contributed by atoms with Crippen molar-refractivity contribution in [2.24, 2.45) is 0 Å². The molecule has 0 aromatic heterocycles. The van der Waals surface area contributed by atoms with Gasteiger partial charge >= 0.3 is 12.0 Å². The van der Waals surface area contributed by atoms with Gasteiger partial charge in [-0.25, -0.2) is 4.79 Å². The van der Waals surface area contributed by atoms with E-state index in [0.717, 1.165) is 12.2 Å². The molecule has 0 unspecified atom stereocenters. The van der Waals surface area contributed by atoms with Crippen molar-refractivity contribution >= 4 is 23.8 Å². The van der Waals surface area contributed by atoms with Crippen molar-refractivity contribution in [1.29, 1.82) is 0 Å². The van der Waals surface area contributed by atoms with Crippen LogP contribution in [0.15, 0.2) is 29.2 Å². The maximum atomic E-state index is 12.2. The number of nitrogens with one attached hydrogen (secondary N) is 1. The van der Waals surface area contributed by atoms with E-state index in [0.29, 0.717) is 19.5 Å². The van der Waals surface area contributed by atoms with E-state index >= 15 is 0 Å². The number of amides is 2. The summed E-state index contributed by atoms with van der Waals surface area (Å²) in [4.78, 5) is 28.0. The van der Waals surface area contributed by atoms with Crippen molar-refractivity contribution in [3.63, 3.8) is 0 Å². The summed E-state index contributed by atoms with van der Waals surface area (Å²) < 4.78 is 0. The lowest BCUT2D eigenvalue weighted by Crippen LogP contribution is -2.44. The first-order valence-electron chi connectivity index (χ1n) is 8.51. The van der Waals surface area contributed by atoms with Gasteiger partial charge in [-0.1, -0.05) is 17.7 Å². The van der Waals surface area contributed by atoms with E-state index < -0.39 is 12.0 Å². The Hall–Kier alpha value is -1.73. The summed E-state index contributed by atoms with van der Waals surface area (Å²) in [7, 11) is 3.55. The molecule has 138 valence electrons. The fraction of sp³-hybridized carbons (Fsp3) is 0.556. The summed E-state index contributed by atoms with van der Waals surface area (Å²) >= 11 is 1.79. The monoisotopic (exact) mass is 365 g/mol. The third kappa shape index (κ3) is 5.93. The number of carboxylic acid groups (broad SMARTS) is 1. The molecule has 1 aromatic rings. The van der Waals surface area contributed by atoms with Gasteiger partial charge in [0.1, 0.15) is 6.04 Å². The highest BCUT2D eigenvalue weighted by Crippen LogP contribution is 2.19. The number of thioether (sulfide) groups is 1. The molecular formula is C18H27N3O3S. The number of nitrogens with zero attached hydrogens (tertiary/aromatic N) is 2. The molecule has 7 heteroatoms. The Labute approximate surface area is 153 Å². The van der Waals surface area contributed by atoms with Gasteiger partial charge in [0.25, 0.3) is 0 Å². The second-order valence-electron chi connectivity index (χ2n) is 6.61. The highest BCUT2D eigenvalue weighted by atomic mass is 32.2. The molecule has 0 aliphatic carbocycles. The largest absolute Gasteiger partial charge is 0.480 e. The van der Waals surface area contributed by atoms with Crippen molar-refractivity contribution in [3.8, 4) is 0 Å². The van der Waals surface area contributed by atoms with Crippen LogP contribution in [0.1, 0.15) is 18.4 Å². The van der Waals surface area contributed by atoms with Crippen LogP contribution in [-0.2, 0) is 4.79 Å². The highest BCUT2D eigenvalue weighted by molar-refractivity contribution is 7.99. The zero-order chi connectivity index (χ0) is 18.4. The number of aryl methyl sites for hydroxylation is 1. The lowest BCUT2D eigenvalue weighted by atomic mass is 10.2. The van der Waals surface area contributed by atoms with Gasteiger partial charge in [0.2, 0.25) is 0 Å². The van der Waals surface area contributed by atoms with Crippen LogP contribution in [0, 0.1) is 6.92 Å². The molecule has 2 atom stereocenters. The average Bonchev–Trinajstić information content (AvgIpc) is 2.93. The van der Waals surface area contributed by atoms with E-state index in [-0.39, 0.29) is 12.1 Å². The smallest absolute Gasteiger partial charge is 0.320 e. The first kappa shape index (κ1) is 19.6. The molecule has 1 aliphatic rings. The number of hydrogen-bond donors (Lipinski definition) is 2. The minimum absolute atomic E-state index is 0.108. The van der Waals surface area contributed by atoms with Gasteiger partial charge in [0.15, 0.2) is 0 Å². The minimum Gasteiger partial charge on any atom is -0.480 e. The SMILES string of the molecule is Cc1ccc(SCCCN(C)C(=O)N[C@H]2C[C@@H](C(=O)O)N(C)C2)cc1. The zero-order valence-electron chi connectivity index (χ0n) is 15.1. The lowest BCUT2D eigenvalue weighted by Gasteiger charge is -2.21. The van der Waals surface area contributed by atoms with Crippen LogP contribution in [0.25, 0.3) is 0 Å².